The molecule has 1 aromatic heterocycles. The van der Waals surface area contributed by atoms with E-state index in [1.54, 1.807) is 0 Å². The molecule has 1 fully saturated rings. The number of fused-ring (bicyclic) bond motifs is 1. The molecule has 0 amide bonds. The molecule has 0 aliphatic carbocycles. The van der Waals surface area contributed by atoms with Crippen molar-refractivity contribution in [2.45, 2.75) is 31.4 Å². The second-order valence-electron chi connectivity index (χ2n) is 3.99. The Kier molecular flexibility index (Phi) is 1.94. The maximum Gasteiger partial charge on any atom is 0.203 e. The molecule has 3 rings (SSSR count). The number of anilines is 1. The van der Waals surface area contributed by atoms with Gasteiger partial charge in [-0.2, -0.15) is 0 Å². The van der Waals surface area contributed by atoms with Crippen molar-refractivity contribution >= 4 is 5.95 Å². The fourth-order valence-electron chi connectivity index (χ4n) is 2.46. The van der Waals surface area contributed by atoms with Gasteiger partial charge in [0, 0.05) is 25.5 Å². The highest BCUT2D eigenvalue weighted by Gasteiger charge is 2.30. The van der Waals surface area contributed by atoms with Crippen molar-refractivity contribution < 1.29 is 4.74 Å². The Morgan fingerprint density at radius 1 is 1.50 bits per heavy atom. The highest BCUT2D eigenvalue weighted by atomic mass is 16.5. The van der Waals surface area contributed by atoms with Gasteiger partial charge in [0.2, 0.25) is 5.95 Å². The zero-order valence-electron chi connectivity index (χ0n) is 8.15. The first-order chi connectivity index (χ1) is 6.95. The van der Waals surface area contributed by atoms with Gasteiger partial charge in [0.15, 0.2) is 0 Å². The lowest BCUT2D eigenvalue weighted by Crippen LogP contribution is -2.30. The van der Waals surface area contributed by atoms with Crippen LogP contribution in [-0.2, 0) is 4.74 Å². The first-order valence-corrected chi connectivity index (χ1v) is 5.33. The van der Waals surface area contributed by atoms with Crippen LogP contribution in [-0.4, -0.2) is 28.8 Å². The van der Waals surface area contributed by atoms with Gasteiger partial charge >= 0.3 is 0 Å². The van der Waals surface area contributed by atoms with Crippen molar-refractivity contribution in [2.24, 2.45) is 0 Å². The zero-order valence-corrected chi connectivity index (χ0v) is 8.15. The Morgan fingerprint density at radius 2 is 2.50 bits per heavy atom. The highest BCUT2D eigenvalue weighted by molar-refractivity contribution is 5.29. The molecule has 4 nitrogen and oxygen atoms in total. The van der Waals surface area contributed by atoms with Gasteiger partial charge in [0.25, 0.3) is 0 Å². The lowest BCUT2D eigenvalue weighted by molar-refractivity contribution is 0.0636. The minimum absolute atomic E-state index is 0.407. The summed E-state index contributed by atoms with van der Waals surface area (Å²) in [5.74, 6) is 0.997. The number of nitrogens with zero attached hydrogens (tertiary/aromatic N) is 2. The molecule has 2 atom stereocenters. The van der Waals surface area contributed by atoms with Crippen LogP contribution in [0.1, 0.15) is 25.3 Å². The van der Waals surface area contributed by atoms with Crippen molar-refractivity contribution in [3.05, 3.63) is 12.4 Å². The summed E-state index contributed by atoms with van der Waals surface area (Å²) in [4.78, 5) is 4.27. The minimum Gasteiger partial charge on any atom is -0.376 e. The largest absolute Gasteiger partial charge is 0.376 e. The molecule has 76 valence electrons. The van der Waals surface area contributed by atoms with Gasteiger partial charge in [-0.05, 0) is 19.3 Å². The average Bonchev–Trinajstić information content (AvgIpc) is 2.88. The van der Waals surface area contributed by atoms with E-state index in [1.165, 1.54) is 12.8 Å². The molecule has 2 aliphatic rings. The topological polar surface area (TPSA) is 39.1 Å². The molecule has 2 aliphatic heterocycles. The lowest BCUT2D eigenvalue weighted by Gasteiger charge is -2.29. The van der Waals surface area contributed by atoms with E-state index < -0.39 is 0 Å². The summed E-state index contributed by atoms with van der Waals surface area (Å²) in [6.07, 6.45) is 7.86. The fourth-order valence-corrected chi connectivity index (χ4v) is 2.46. The Labute approximate surface area is 83.3 Å². The third-order valence-corrected chi connectivity index (χ3v) is 3.14. The third-order valence-electron chi connectivity index (χ3n) is 3.14. The molecule has 14 heavy (non-hydrogen) atoms. The Balaban J connectivity index is 1.88. The van der Waals surface area contributed by atoms with Crippen LogP contribution in [0.2, 0.25) is 0 Å². The normalized spacial score (nSPS) is 31.1. The van der Waals surface area contributed by atoms with Crippen LogP contribution in [0.4, 0.5) is 5.95 Å². The zero-order chi connectivity index (χ0) is 9.38. The van der Waals surface area contributed by atoms with E-state index in [9.17, 15) is 0 Å². The van der Waals surface area contributed by atoms with Crippen molar-refractivity contribution in [3.63, 3.8) is 0 Å². The molecule has 0 aromatic carbocycles. The van der Waals surface area contributed by atoms with Crippen molar-refractivity contribution in [1.29, 1.82) is 0 Å². The predicted molar refractivity (Wildman–Crippen MR) is 53.3 cm³/mol. The molecule has 2 unspecified atom stereocenters. The summed E-state index contributed by atoms with van der Waals surface area (Å²) in [5, 5.41) is 3.29. The standard InChI is InChI=1S/C10H15N3O/c1-2-9(14-7-1)8-3-4-11-10-12-5-6-13(8)10/h5-6,8-9H,1-4,7H2,(H,11,12). The van der Waals surface area contributed by atoms with Crippen molar-refractivity contribution in [3.8, 4) is 0 Å². The van der Waals surface area contributed by atoms with Crippen LogP contribution in [0.5, 0.6) is 0 Å². The number of nitrogens with one attached hydrogen (secondary N) is 1. The quantitative estimate of drug-likeness (QED) is 0.733. The monoisotopic (exact) mass is 193 g/mol. The molecule has 3 heterocycles. The molecule has 1 aromatic rings. The lowest BCUT2D eigenvalue weighted by atomic mass is 10.0. The Bertz CT molecular complexity index is 317. The first-order valence-electron chi connectivity index (χ1n) is 5.33. The van der Waals surface area contributed by atoms with Crippen LogP contribution in [0.15, 0.2) is 12.4 Å². The Hall–Kier alpha value is -1.03. The summed E-state index contributed by atoms with van der Waals surface area (Å²) in [6.45, 7) is 1.94. The van der Waals surface area contributed by atoms with E-state index in [2.05, 4.69) is 14.9 Å². The van der Waals surface area contributed by atoms with Gasteiger partial charge in [-0.3, -0.25) is 0 Å². The predicted octanol–water partition coefficient (Wildman–Crippen LogP) is 1.42. The van der Waals surface area contributed by atoms with Crippen LogP contribution in [0.3, 0.4) is 0 Å². The number of imidazole rings is 1. The summed E-state index contributed by atoms with van der Waals surface area (Å²) in [7, 11) is 0. The first kappa shape index (κ1) is 8.29. The molecule has 0 bridgehead atoms. The van der Waals surface area contributed by atoms with E-state index >= 15 is 0 Å². The van der Waals surface area contributed by atoms with Gasteiger partial charge in [-0.25, -0.2) is 4.98 Å². The third kappa shape index (κ3) is 1.21. The van der Waals surface area contributed by atoms with E-state index in [0.29, 0.717) is 12.1 Å². The Morgan fingerprint density at radius 3 is 3.36 bits per heavy atom. The molecule has 0 spiro atoms. The second kappa shape index (κ2) is 3.28. The number of aromatic nitrogens is 2. The summed E-state index contributed by atoms with van der Waals surface area (Å²) < 4.78 is 7.96. The van der Waals surface area contributed by atoms with E-state index in [-0.39, 0.29) is 0 Å². The molecule has 4 heteroatoms. The maximum absolute atomic E-state index is 5.74. The molecular formula is C10H15N3O. The number of rotatable bonds is 1. The van der Waals surface area contributed by atoms with Gasteiger partial charge in [0.1, 0.15) is 0 Å². The summed E-state index contributed by atoms with van der Waals surface area (Å²) >= 11 is 0. The molecule has 0 saturated carbocycles. The van der Waals surface area contributed by atoms with Crippen LogP contribution < -0.4 is 5.32 Å². The summed E-state index contributed by atoms with van der Waals surface area (Å²) in [6, 6.07) is 0.497. The number of hydrogen-bond donors (Lipinski definition) is 1. The van der Waals surface area contributed by atoms with Crippen molar-refractivity contribution in [1.82, 2.24) is 9.55 Å². The number of hydrogen-bond acceptors (Lipinski definition) is 3. The van der Waals surface area contributed by atoms with Gasteiger partial charge in [-0.1, -0.05) is 0 Å². The van der Waals surface area contributed by atoms with Crippen molar-refractivity contribution in [2.75, 3.05) is 18.5 Å². The molecular weight excluding hydrogens is 178 g/mol. The molecule has 0 radical (unpaired) electrons. The van der Waals surface area contributed by atoms with Crippen LogP contribution in [0.25, 0.3) is 0 Å². The fraction of sp³-hybridized carbons (Fsp3) is 0.700. The van der Waals surface area contributed by atoms with E-state index in [4.69, 9.17) is 4.74 Å². The second-order valence-corrected chi connectivity index (χ2v) is 3.99. The smallest absolute Gasteiger partial charge is 0.203 e. The van der Waals surface area contributed by atoms with Crippen LogP contribution >= 0.6 is 0 Å². The van der Waals surface area contributed by atoms with E-state index in [0.717, 1.165) is 25.5 Å². The number of ether oxygens (including phenoxy) is 1. The minimum atomic E-state index is 0.407. The summed E-state index contributed by atoms with van der Waals surface area (Å²) in [5.41, 5.74) is 0. The van der Waals surface area contributed by atoms with Gasteiger partial charge in [-0.15, -0.1) is 0 Å². The highest BCUT2D eigenvalue weighted by Crippen LogP contribution is 2.31. The van der Waals surface area contributed by atoms with Gasteiger partial charge in [0.05, 0.1) is 12.1 Å². The maximum atomic E-state index is 5.74. The average molecular weight is 193 g/mol. The SMILES string of the molecule is c1cn2c(n1)NCCC2C1CCCO1. The molecule has 1 saturated heterocycles. The van der Waals surface area contributed by atoms with E-state index in [1.807, 2.05) is 12.4 Å². The van der Waals surface area contributed by atoms with Crippen LogP contribution in [0, 0.1) is 0 Å². The molecule has 1 N–H and O–H groups in total. The van der Waals surface area contributed by atoms with Gasteiger partial charge < -0.3 is 14.6 Å².